The lowest BCUT2D eigenvalue weighted by Crippen LogP contribution is -2.13. The lowest BCUT2D eigenvalue weighted by atomic mass is 10.2. The molecule has 1 aliphatic rings. The van der Waals surface area contributed by atoms with Crippen LogP contribution in [0.15, 0.2) is 34.2 Å². The SMILES string of the molecule is CCC1=CS(=O)(=O)c2cc([N+](=O)[O-])ccc2N1. The monoisotopic (exact) mass is 254 g/mol. The van der Waals surface area contributed by atoms with Crippen molar-refractivity contribution in [1.29, 1.82) is 0 Å². The van der Waals surface area contributed by atoms with Crippen LogP contribution in [0.3, 0.4) is 0 Å². The first kappa shape index (κ1) is 11.6. The maximum atomic E-state index is 11.9. The van der Waals surface area contributed by atoms with E-state index in [1.165, 1.54) is 12.1 Å². The van der Waals surface area contributed by atoms with Crippen molar-refractivity contribution in [1.82, 2.24) is 0 Å². The molecule has 6 nitrogen and oxygen atoms in total. The summed E-state index contributed by atoms with van der Waals surface area (Å²) in [5, 5.41) is 14.6. The maximum absolute atomic E-state index is 11.9. The highest BCUT2D eigenvalue weighted by Gasteiger charge is 2.25. The highest BCUT2D eigenvalue weighted by Crippen LogP contribution is 2.33. The first-order valence-corrected chi connectivity index (χ1v) is 6.50. The van der Waals surface area contributed by atoms with Gasteiger partial charge in [0.15, 0.2) is 0 Å². The number of hydrogen-bond acceptors (Lipinski definition) is 5. The summed E-state index contributed by atoms with van der Waals surface area (Å²) >= 11 is 0. The molecule has 90 valence electrons. The summed E-state index contributed by atoms with van der Waals surface area (Å²) in [7, 11) is -3.59. The van der Waals surface area contributed by atoms with Crippen LogP contribution in [-0.2, 0) is 9.84 Å². The summed E-state index contributed by atoms with van der Waals surface area (Å²) < 4.78 is 23.8. The van der Waals surface area contributed by atoms with Crippen LogP contribution in [0.5, 0.6) is 0 Å². The van der Waals surface area contributed by atoms with Gasteiger partial charge in [-0.3, -0.25) is 10.1 Å². The Labute approximate surface area is 98.0 Å². The fourth-order valence-corrected chi connectivity index (χ4v) is 3.03. The Kier molecular flexibility index (Phi) is 2.62. The van der Waals surface area contributed by atoms with Crippen molar-refractivity contribution in [2.75, 3.05) is 5.32 Å². The molecule has 0 atom stereocenters. The molecule has 0 amide bonds. The molecule has 1 heterocycles. The number of nitro groups is 1. The van der Waals surface area contributed by atoms with Gasteiger partial charge in [-0.05, 0) is 12.5 Å². The van der Waals surface area contributed by atoms with E-state index in [1.54, 1.807) is 0 Å². The van der Waals surface area contributed by atoms with Gasteiger partial charge in [0.25, 0.3) is 5.69 Å². The van der Waals surface area contributed by atoms with Crippen molar-refractivity contribution in [3.05, 3.63) is 39.4 Å². The fraction of sp³-hybridized carbons (Fsp3) is 0.200. The third-order valence-corrected chi connectivity index (χ3v) is 4.00. The molecule has 17 heavy (non-hydrogen) atoms. The van der Waals surface area contributed by atoms with Crippen molar-refractivity contribution >= 4 is 21.2 Å². The Bertz CT molecular complexity index is 619. The van der Waals surface area contributed by atoms with E-state index in [4.69, 9.17) is 0 Å². The molecule has 7 heteroatoms. The van der Waals surface area contributed by atoms with Crippen molar-refractivity contribution in [2.45, 2.75) is 18.2 Å². The summed E-state index contributed by atoms with van der Waals surface area (Å²) in [6.07, 6.45) is 0.551. The molecule has 0 aromatic heterocycles. The van der Waals surface area contributed by atoms with Gasteiger partial charge in [-0.1, -0.05) is 6.92 Å². The van der Waals surface area contributed by atoms with E-state index in [0.717, 1.165) is 11.5 Å². The van der Waals surface area contributed by atoms with Crippen LogP contribution in [0, 0.1) is 10.1 Å². The summed E-state index contributed by atoms with van der Waals surface area (Å²) in [5.41, 5.74) is 0.726. The number of anilines is 1. The number of nitrogens with one attached hydrogen (secondary N) is 1. The second-order valence-corrected chi connectivity index (χ2v) is 5.37. The number of nitrogens with zero attached hydrogens (tertiary/aromatic N) is 1. The van der Waals surface area contributed by atoms with E-state index in [1.807, 2.05) is 6.92 Å². The standard InChI is InChI=1S/C10H10N2O4S/c1-2-7-6-17(15,16)10-5-8(12(13)14)3-4-9(10)11-7/h3-6,11H,2H2,1H3. The number of allylic oxidation sites excluding steroid dienone is 1. The summed E-state index contributed by atoms with van der Waals surface area (Å²) in [5.74, 6) is 0. The molecule has 1 N–H and O–H groups in total. The third kappa shape index (κ3) is 2.01. The largest absolute Gasteiger partial charge is 0.357 e. The molecule has 1 aromatic rings. The average Bonchev–Trinajstić information content (AvgIpc) is 2.27. The van der Waals surface area contributed by atoms with Crippen LogP contribution in [0.4, 0.5) is 11.4 Å². The second-order valence-electron chi connectivity index (χ2n) is 3.60. The molecule has 0 fully saturated rings. The predicted molar refractivity (Wildman–Crippen MR) is 62.3 cm³/mol. The Hall–Kier alpha value is -1.89. The number of hydrogen-bond donors (Lipinski definition) is 1. The zero-order valence-electron chi connectivity index (χ0n) is 9.00. The number of rotatable bonds is 2. The minimum Gasteiger partial charge on any atom is -0.357 e. The molecule has 0 spiro atoms. The Morgan fingerprint density at radius 2 is 2.12 bits per heavy atom. The molecule has 1 aromatic carbocycles. The summed E-state index contributed by atoms with van der Waals surface area (Å²) in [4.78, 5) is 9.93. The predicted octanol–water partition coefficient (Wildman–Crippen LogP) is 2.05. The molecular formula is C10H10N2O4S. The number of non-ortho nitro benzene ring substituents is 1. The number of nitro benzene ring substituents is 1. The first-order chi connectivity index (χ1) is 7.94. The van der Waals surface area contributed by atoms with E-state index in [0.29, 0.717) is 17.8 Å². The molecule has 2 rings (SSSR count). The van der Waals surface area contributed by atoms with E-state index in [-0.39, 0.29) is 10.6 Å². The molecule has 0 saturated carbocycles. The van der Waals surface area contributed by atoms with Gasteiger partial charge in [0.2, 0.25) is 9.84 Å². The van der Waals surface area contributed by atoms with E-state index >= 15 is 0 Å². The molecule has 0 bridgehead atoms. The van der Waals surface area contributed by atoms with E-state index in [9.17, 15) is 18.5 Å². The third-order valence-electron chi connectivity index (χ3n) is 2.46. The fourth-order valence-electron chi connectivity index (χ4n) is 1.59. The van der Waals surface area contributed by atoms with E-state index in [2.05, 4.69) is 5.32 Å². The van der Waals surface area contributed by atoms with Gasteiger partial charge in [-0.25, -0.2) is 8.42 Å². The first-order valence-electron chi connectivity index (χ1n) is 4.95. The van der Waals surface area contributed by atoms with Crippen LogP contribution in [0.2, 0.25) is 0 Å². The Morgan fingerprint density at radius 1 is 1.41 bits per heavy atom. The minimum absolute atomic E-state index is 0.0519. The van der Waals surface area contributed by atoms with Gasteiger partial charge < -0.3 is 5.32 Å². The van der Waals surface area contributed by atoms with Crippen LogP contribution in [-0.4, -0.2) is 13.3 Å². The lowest BCUT2D eigenvalue weighted by Gasteiger charge is -2.17. The highest BCUT2D eigenvalue weighted by atomic mass is 32.2. The second kappa shape index (κ2) is 3.85. The summed E-state index contributed by atoms with van der Waals surface area (Å²) in [6, 6.07) is 3.76. The smallest absolute Gasteiger partial charge is 0.270 e. The van der Waals surface area contributed by atoms with Crippen LogP contribution in [0.1, 0.15) is 13.3 Å². The molecule has 0 radical (unpaired) electrons. The van der Waals surface area contributed by atoms with Gasteiger partial charge in [0.05, 0.1) is 16.0 Å². The van der Waals surface area contributed by atoms with Crippen LogP contribution < -0.4 is 5.32 Å². The van der Waals surface area contributed by atoms with Crippen molar-refractivity contribution in [3.8, 4) is 0 Å². The van der Waals surface area contributed by atoms with Crippen LogP contribution >= 0.6 is 0 Å². The number of fused-ring (bicyclic) bond motifs is 1. The average molecular weight is 254 g/mol. The summed E-state index contributed by atoms with van der Waals surface area (Å²) in [6.45, 7) is 1.82. The Morgan fingerprint density at radius 3 is 2.71 bits per heavy atom. The zero-order valence-corrected chi connectivity index (χ0v) is 9.82. The van der Waals surface area contributed by atoms with Crippen molar-refractivity contribution in [3.63, 3.8) is 0 Å². The van der Waals surface area contributed by atoms with Gasteiger partial charge >= 0.3 is 0 Å². The van der Waals surface area contributed by atoms with Crippen LogP contribution in [0.25, 0.3) is 0 Å². The topological polar surface area (TPSA) is 89.3 Å². The molecule has 0 saturated heterocycles. The molecule has 0 unspecified atom stereocenters. The van der Waals surface area contributed by atoms with Gasteiger partial charge in [-0.2, -0.15) is 0 Å². The number of benzene rings is 1. The van der Waals surface area contributed by atoms with E-state index < -0.39 is 14.8 Å². The van der Waals surface area contributed by atoms with Gasteiger partial charge in [-0.15, -0.1) is 0 Å². The molecule has 1 aliphatic heterocycles. The maximum Gasteiger partial charge on any atom is 0.270 e. The van der Waals surface area contributed by atoms with Gasteiger partial charge in [0.1, 0.15) is 4.90 Å². The normalized spacial score (nSPS) is 16.6. The van der Waals surface area contributed by atoms with Crippen molar-refractivity contribution < 1.29 is 13.3 Å². The number of sulfone groups is 1. The highest BCUT2D eigenvalue weighted by molar-refractivity contribution is 7.94. The minimum atomic E-state index is -3.59. The Balaban J connectivity index is 2.62. The van der Waals surface area contributed by atoms with Gasteiger partial charge in [0, 0.05) is 17.8 Å². The quantitative estimate of drug-likeness (QED) is 0.644. The molecule has 0 aliphatic carbocycles. The van der Waals surface area contributed by atoms with Crippen molar-refractivity contribution in [2.24, 2.45) is 0 Å². The lowest BCUT2D eigenvalue weighted by molar-refractivity contribution is -0.385. The zero-order chi connectivity index (χ0) is 12.6. The molecular weight excluding hydrogens is 244 g/mol.